The van der Waals surface area contributed by atoms with Crippen LogP contribution in [0.2, 0.25) is 0 Å². The molecule has 7 aromatic rings. The summed E-state index contributed by atoms with van der Waals surface area (Å²) in [4.78, 5) is 0. The molecule has 7 aromatic carbocycles. The van der Waals surface area contributed by atoms with Gasteiger partial charge >= 0.3 is 0 Å². The Hall–Kier alpha value is -6.32. The van der Waals surface area contributed by atoms with Crippen molar-refractivity contribution in [1.82, 2.24) is 8.97 Å². The third-order valence-corrected chi connectivity index (χ3v) is 13.0. The highest BCUT2D eigenvalue weighted by molar-refractivity contribution is 6.06. The van der Waals surface area contributed by atoms with Crippen molar-refractivity contribution in [1.29, 1.82) is 0 Å². The summed E-state index contributed by atoms with van der Waals surface area (Å²) in [7, 11) is 9.47. The molecule has 3 aliphatic rings. The third kappa shape index (κ3) is 5.86. The van der Waals surface area contributed by atoms with Crippen LogP contribution in [0.25, 0.3) is 32.7 Å². The van der Waals surface area contributed by atoms with Gasteiger partial charge in [-0.15, -0.1) is 0 Å². The minimum atomic E-state index is 0.170. The first-order valence-corrected chi connectivity index (χ1v) is 20.8. The summed E-state index contributed by atoms with van der Waals surface area (Å²) in [6, 6.07) is 60.3. The maximum Gasteiger partial charge on any atom is 0.153 e. The summed E-state index contributed by atoms with van der Waals surface area (Å²) in [6.07, 6.45) is 13.1. The molecule has 0 N–H and O–H groups in total. The normalized spacial score (nSPS) is 19.8. The van der Waals surface area contributed by atoms with Gasteiger partial charge in [0.25, 0.3) is 0 Å². The molecule has 282 valence electrons. The van der Waals surface area contributed by atoms with E-state index in [1.807, 2.05) is 0 Å². The van der Waals surface area contributed by atoms with E-state index in [0.717, 1.165) is 23.7 Å². The highest BCUT2D eigenvalue weighted by atomic mass is 15.3. The van der Waals surface area contributed by atoms with Gasteiger partial charge in [-0.2, -0.15) is 0 Å². The molecule has 0 aromatic heterocycles. The van der Waals surface area contributed by atoms with Crippen molar-refractivity contribution in [3.63, 3.8) is 0 Å². The Balaban J connectivity index is 1.14. The molecule has 2 nitrogen and oxygen atoms in total. The molecule has 2 aliphatic heterocycles. The van der Waals surface area contributed by atoms with Crippen LogP contribution in [0.4, 0.5) is 11.4 Å². The molecule has 0 spiro atoms. The Kier molecular flexibility index (Phi) is 8.86. The molecule has 1 atom stereocenters. The van der Waals surface area contributed by atoms with Crippen molar-refractivity contribution >= 4 is 44.1 Å². The fourth-order valence-corrected chi connectivity index (χ4v) is 10.4. The molecule has 58 heavy (non-hydrogen) atoms. The Morgan fingerprint density at radius 3 is 1.72 bits per heavy atom. The van der Waals surface area contributed by atoms with Crippen LogP contribution in [0.3, 0.4) is 0 Å². The molecule has 2 heterocycles. The Labute approximate surface area is 343 Å². The van der Waals surface area contributed by atoms with Crippen LogP contribution in [0.1, 0.15) is 53.0 Å². The lowest BCUT2D eigenvalue weighted by molar-refractivity contribution is 0.502. The molecule has 0 amide bonds. The predicted octanol–water partition coefficient (Wildman–Crippen LogP) is 13.7. The van der Waals surface area contributed by atoms with Crippen molar-refractivity contribution < 1.29 is 0 Å². The number of fused-ring (bicyclic) bond motifs is 6. The first-order chi connectivity index (χ1) is 28.3. The number of hydrogen-bond donors (Lipinski definition) is 0. The number of nitrogens with zero attached hydrogens (tertiary/aromatic N) is 2. The molecular formula is C56H50N2+2. The van der Waals surface area contributed by atoms with Crippen LogP contribution < -0.4 is 8.97 Å². The lowest BCUT2D eigenvalue weighted by atomic mass is 9.82. The zero-order valence-electron chi connectivity index (χ0n) is 34.0. The average molecular weight is 751 g/mol. The van der Waals surface area contributed by atoms with Crippen molar-refractivity contribution in [3.05, 3.63) is 238 Å². The lowest BCUT2D eigenvalue weighted by Crippen LogP contribution is -2.37. The maximum absolute atomic E-state index is 2.48. The van der Waals surface area contributed by atoms with Gasteiger partial charge in [-0.3, -0.25) is 8.97 Å². The van der Waals surface area contributed by atoms with Crippen LogP contribution in [0.15, 0.2) is 211 Å². The number of benzene rings is 7. The molecule has 0 radical (unpaired) electrons. The summed E-state index contributed by atoms with van der Waals surface area (Å²) in [6.45, 7) is 0. The van der Waals surface area contributed by atoms with Gasteiger partial charge in [0.2, 0.25) is 0 Å². The highest BCUT2D eigenvalue weighted by Gasteiger charge is 2.46. The van der Waals surface area contributed by atoms with Gasteiger partial charge in [0, 0.05) is 22.4 Å². The van der Waals surface area contributed by atoms with Crippen molar-refractivity contribution in [3.8, 4) is 0 Å². The molecule has 0 saturated carbocycles. The molecular weight excluding hydrogens is 701 g/mol. The Morgan fingerprint density at radius 1 is 0.483 bits per heavy atom. The predicted molar refractivity (Wildman–Crippen MR) is 248 cm³/mol. The fraction of sp³-hybridized carbons (Fsp3) is 0.143. The molecule has 10 rings (SSSR count). The summed E-state index contributed by atoms with van der Waals surface area (Å²) in [5, 5.41) is 5.23. The zero-order chi connectivity index (χ0) is 39.4. The van der Waals surface area contributed by atoms with E-state index in [2.05, 4.69) is 216 Å². The topological polar surface area (TPSA) is 0 Å². The van der Waals surface area contributed by atoms with E-state index in [-0.39, 0.29) is 5.92 Å². The molecule has 2 heteroatoms. The van der Waals surface area contributed by atoms with Crippen LogP contribution in [-0.4, -0.2) is 28.2 Å². The number of quaternary nitrogens is 2. The Morgan fingerprint density at radius 2 is 1.05 bits per heavy atom. The molecule has 0 saturated heterocycles. The summed E-state index contributed by atoms with van der Waals surface area (Å²) < 4.78 is 1.40. The lowest BCUT2D eigenvalue weighted by Gasteiger charge is -2.28. The van der Waals surface area contributed by atoms with Crippen LogP contribution in [-0.2, 0) is 0 Å². The molecule has 0 bridgehead atoms. The van der Waals surface area contributed by atoms with Crippen LogP contribution in [0.5, 0.6) is 0 Å². The number of allylic oxidation sites excluding steroid dienone is 8. The van der Waals surface area contributed by atoms with E-state index in [4.69, 9.17) is 0 Å². The van der Waals surface area contributed by atoms with E-state index in [0.29, 0.717) is 4.48 Å². The summed E-state index contributed by atoms with van der Waals surface area (Å²) >= 11 is 0. The van der Waals surface area contributed by atoms with E-state index in [9.17, 15) is 0 Å². The zero-order valence-corrected chi connectivity index (χ0v) is 34.0. The standard InChI is InChI=1S/C56H50N2/c1-57(2)50(53(42-23-10-6-11-24-42)48-35-31-39-19-14-16-29-46(39)55(48)57)37-33-44-27-18-28-45(52(44)41-21-8-5-9-22-41)34-38-51-54(43-25-12-7-13-26-43)49-36-32-40-20-15-17-30-47(40)56(49)58(51,3)4/h5-17,19-26,29-38,53H,18,27-28H2,1-4H3/q+2. The van der Waals surface area contributed by atoms with Gasteiger partial charge in [0.05, 0.1) is 45.2 Å². The number of hydrogen-bond acceptors (Lipinski definition) is 0. The van der Waals surface area contributed by atoms with Crippen molar-refractivity contribution in [2.45, 2.75) is 25.2 Å². The van der Waals surface area contributed by atoms with Gasteiger partial charge in [-0.25, -0.2) is 0 Å². The maximum atomic E-state index is 2.48. The SMILES string of the molecule is C[N+]1(C)C(C=CC2=C(c3ccccc3)C(=CC=C3C(c4ccccc4)c4ccc5ccccc5c4[N+]3(C)C)CCC2)=C(c2ccccc2)c2ccc3ccccc3c21. The average Bonchev–Trinajstić information content (AvgIpc) is 3.64. The smallest absolute Gasteiger partial charge is 0.153 e. The van der Waals surface area contributed by atoms with Gasteiger partial charge in [-0.05, 0) is 87.7 Å². The van der Waals surface area contributed by atoms with Gasteiger partial charge < -0.3 is 0 Å². The first kappa shape index (κ1) is 36.0. The largest absolute Gasteiger partial charge is 0.266 e. The minimum Gasteiger partial charge on any atom is -0.266 e. The monoisotopic (exact) mass is 750 g/mol. The summed E-state index contributed by atoms with van der Waals surface area (Å²) in [5.74, 6) is 0.170. The second-order valence-electron chi connectivity index (χ2n) is 17.0. The summed E-state index contributed by atoms with van der Waals surface area (Å²) in [5.41, 5.74) is 17.6. The number of likely N-dealkylation sites (N-methyl/N-ethyl adjacent to an activating group) is 2. The molecule has 1 unspecified atom stereocenters. The van der Waals surface area contributed by atoms with E-state index in [1.54, 1.807) is 0 Å². The first-order valence-electron chi connectivity index (χ1n) is 20.8. The number of rotatable bonds is 6. The van der Waals surface area contributed by atoms with Crippen LogP contribution >= 0.6 is 0 Å². The third-order valence-electron chi connectivity index (χ3n) is 13.0. The van der Waals surface area contributed by atoms with Crippen LogP contribution in [0, 0.1) is 0 Å². The second kappa shape index (κ2) is 14.3. The van der Waals surface area contributed by atoms with Gasteiger partial charge in [0.1, 0.15) is 17.1 Å². The van der Waals surface area contributed by atoms with Gasteiger partial charge in [0.15, 0.2) is 5.69 Å². The van der Waals surface area contributed by atoms with Crippen molar-refractivity contribution in [2.75, 3.05) is 28.2 Å². The van der Waals surface area contributed by atoms with Gasteiger partial charge in [-0.1, -0.05) is 158 Å². The second-order valence-corrected chi connectivity index (χ2v) is 17.0. The molecule has 0 fully saturated rings. The van der Waals surface area contributed by atoms with Crippen molar-refractivity contribution in [2.24, 2.45) is 0 Å². The quantitative estimate of drug-likeness (QED) is 0.149. The highest BCUT2D eigenvalue weighted by Crippen LogP contribution is 2.54. The van der Waals surface area contributed by atoms with E-state index < -0.39 is 0 Å². The molecule has 1 aliphatic carbocycles. The Bertz CT molecular complexity index is 2880. The minimum absolute atomic E-state index is 0.170. The van der Waals surface area contributed by atoms with E-state index >= 15 is 0 Å². The van der Waals surface area contributed by atoms with E-state index in [1.165, 1.54) is 94.4 Å². The fourth-order valence-electron chi connectivity index (χ4n) is 10.4.